The molecule has 0 radical (unpaired) electrons. The number of benzene rings is 2. The van der Waals surface area contributed by atoms with Gasteiger partial charge in [0.2, 0.25) is 15.9 Å². The predicted octanol–water partition coefficient (Wildman–Crippen LogP) is 2.71. The lowest BCUT2D eigenvalue weighted by atomic mass is 9.69. The first-order chi connectivity index (χ1) is 19.6. The molecule has 228 valence electrons. The minimum atomic E-state index is -3.48. The third-order valence-corrected chi connectivity index (χ3v) is 10.2. The first-order valence-electron chi connectivity index (χ1n) is 13.9. The van der Waals surface area contributed by atoms with E-state index in [-0.39, 0.29) is 56.2 Å². The van der Waals surface area contributed by atoms with Crippen LogP contribution in [0.5, 0.6) is 5.75 Å². The van der Waals surface area contributed by atoms with E-state index in [4.69, 9.17) is 0 Å². The molecule has 2 heterocycles. The number of piperidine rings is 1. The molecular formula is C30H38FN3O7S. The lowest BCUT2D eigenvalue weighted by Crippen LogP contribution is -2.58. The standard InChI is InChI=1S/C30H38FN3O7S/c1-19-22(10-6-11-25(19)31)26-23(27(36)20-8-5-9-21(35)16-20)17-33(15-14-32(3)42(4,40)41)18-24(26)28(37)34-13-7-12-30(34,2)29(38)39/h5-6,8-11,16,23-24,26,35H,7,12-15,17-18H2,1-4H3,(H,38,39). The molecule has 2 N–H and O–H groups in total. The number of likely N-dealkylation sites (tertiary alicyclic amines) is 2. The van der Waals surface area contributed by atoms with Crippen LogP contribution >= 0.6 is 0 Å². The number of carboxylic acids is 1. The van der Waals surface area contributed by atoms with Crippen molar-refractivity contribution in [1.82, 2.24) is 14.1 Å². The number of rotatable bonds is 9. The van der Waals surface area contributed by atoms with Gasteiger partial charge in [0.1, 0.15) is 17.1 Å². The van der Waals surface area contributed by atoms with Gasteiger partial charge in [-0.3, -0.25) is 9.59 Å². The number of amides is 1. The van der Waals surface area contributed by atoms with Gasteiger partial charge >= 0.3 is 5.97 Å². The van der Waals surface area contributed by atoms with Crippen LogP contribution in [0.1, 0.15) is 47.2 Å². The maximum atomic E-state index is 14.9. The number of ketones is 1. The topological polar surface area (TPSA) is 136 Å². The SMILES string of the molecule is Cc1c(F)cccc1C1C(C(=O)c2cccc(O)c2)CN(CCN(C)S(C)(=O)=O)CC1C(=O)N1CCCC1(C)C(=O)O. The number of phenols is 1. The van der Waals surface area contributed by atoms with Crippen LogP contribution in [-0.4, -0.2) is 102 Å². The third kappa shape index (κ3) is 6.20. The van der Waals surface area contributed by atoms with Crippen molar-refractivity contribution >= 4 is 27.7 Å². The van der Waals surface area contributed by atoms with Crippen LogP contribution in [-0.2, 0) is 19.6 Å². The molecular weight excluding hydrogens is 565 g/mol. The largest absolute Gasteiger partial charge is 0.508 e. The van der Waals surface area contributed by atoms with Crippen molar-refractivity contribution in [3.8, 4) is 5.75 Å². The predicted molar refractivity (Wildman–Crippen MR) is 154 cm³/mol. The molecule has 2 fully saturated rings. The zero-order valence-electron chi connectivity index (χ0n) is 24.3. The first kappa shape index (κ1) is 31.6. The van der Waals surface area contributed by atoms with Gasteiger partial charge in [0, 0.05) is 57.2 Å². The molecule has 0 aliphatic carbocycles. The summed E-state index contributed by atoms with van der Waals surface area (Å²) in [5, 5.41) is 20.1. The van der Waals surface area contributed by atoms with Gasteiger partial charge in [-0.1, -0.05) is 24.3 Å². The Labute approximate surface area is 245 Å². The average Bonchev–Trinajstić information content (AvgIpc) is 3.34. The molecule has 0 bridgehead atoms. The summed E-state index contributed by atoms with van der Waals surface area (Å²) in [6.07, 6.45) is 1.87. The van der Waals surface area contributed by atoms with Crippen molar-refractivity contribution in [2.75, 3.05) is 46.0 Å². The number of Topliss-reactive ketones (excluding diaryl/α,β-unsaturated/α-hetero) is 1. The highest BCUT2D eigenvalue weighted by atomic mass is 32.2. The number of aromatic hydroxyl groups is 1. The number of hydrogen-bond donors (Lipinski definition) is 2. The number of carbonyl (C=O) groups excluding carboxylic acids is 2. The Kier molecular flexibility index (Phi) is 9.10. The Bertz CT molecular complexity index is 1480. The van der Waals surface area contributed by atoms with Gasteiger partial charge in [-0.25, -0.2) is 21.9 Å². The molecule has 2 aromatic carbocycles. The maximum absolute atomic E-state index is 14.9. The van der Waals surface area contributed by atoms with Crippen LogP contribution in [0.4, 0.5) is 4.39 Å². The van der Waals surface area contributed by atoms with Crippen LogP contribution in [0, 0.1) is 24.6 Å². The van der Waals surface area contributed by atoms with E-state index in [2.05, 4.69) is 0 Å². The highest BCUT2D eigenvalue weighted by Crippen LogP contribution is 2.43. The third-order valence-electron chi connectivity index (χ3n) is 8.90. The second kappa shape index (κ2) is 12.1. The van der Waals surface area contributed by atoms with Gasteiger partial charge in [-0.15, -0.1) is 0 Å². The van der Waals surface area contributed by atoms with Crippen LogP contribution in [0.25, 0.3) is 0 Å². The summed E-state index contributed by atoms with van der Waals surface area (Å²) in [7, 11) is -2.04. The smallest absolute Gasteiger partial charge is 0.329 e. The van der Waals surface area contributed by atoms with Crippen LogP contribution < -0.4 is 0 Å². The highest BCUT2D eigenvalue weighted by molar-refractivity contribution is 7.88. The van der Waals surface area contributed by atoms with E-state index >= 15 is 0 Å². The zero-order chi connectivity index (χ0) is 31.0. The minimum absolute atomic E-state index is 0.104. The molecule has 2 aliphatic rings. The fourth-order valence-corrected chi connectivity index (χ4v) is 6.69. The molecule has 0 spiro atoms. The van der Waals surface area contributed by atoms with Crippen molar-refractivity contribution < 1.29 is 37.4 Å². The van der Waals surface area contributed by atoms with E-state index < -0.39 is 51.0 Å². The van der Waals surface area contributed by atoms with Crippen molar-refractivity contribution in [3.63, 3.8) is 0 Å². The van der Waals surface area contributed by atoms with E-state index in [1.807, 2.05) is 4.90 Å². The lowest BCUT2D eigenvalue weighted by molar-refractivity contribution is -0.158. The van der Waals surface area contributed by atoms with E-state index in [1.54, 1.807) is 19.1 Å². The Hall–Kier alpha value is -3.35. The molecule has 12 heteroatoms. The number of likely N-dealkylation sites (N-methyl/N-ethyl adjacent to an activating group) is 1. The van der Waals surface area contributed by atoms with Gasteiger partial charge in [-0.2, -0.15) is 0 Å². The van der Waals surface area contributed by atoms with E-state index in [9.17, 15) is 37.4 Å². The van der Waals surface area contributed by atoms with Crippen LogP contribution in [0.3, 0.4) is 0 Å². The van der Waals surface area contributed by atoms with Gasteiger partial charge in [0.05, 0.1) is 12.2 Å². The number of nitrogens with zero attached hydrogens (tertiary/aromatic N) is 3. The molecule has 4 rings (SSSR count). The fourth-order valence-electron chi connectivity index (χ4n) is 6.28. The van der Waals surface area contributed by atoms with Crippen molar-refractivity contribution in [2.45, 2.75) is 38.1 Å². The van der Waals surface area contributed by atoms with Gasteiger partial charge in [0.15, 0.2) is 5.78 Å². The molecule has 42 heavy (non-hydrogen) atoms. The number of carboxylic acid groups (broad SMARTS) is 1. The number of halogens is 1. The Morgan fingerprint density at radius 1 is 1.12 bits per heavy atom. The summed E-state index contributed by atoms with van der Waals surface area (Å²) >= 11 is 0. The summed E-state index contributed by atoms with van der Waals surface area (Å²) in [5.74, 6) is -5.13. The second-order valence-corrected chi connectivity index (χ2v) is 13.7. The number of carbonyl (C=O) groups is 3. The molecule has 0 aromatic heterocycles. The summed E-state index contributed by atoms with van der Waals surface area (Å²) in [5.41, 5.74) is -0.433. The highest BCUT2D eigenvalue weighted by Gasteiger charge is 2.52. The van der Waals surface area contributed by atoms with E-state index in [0.717, 1.165) is 6.26 Å². The van der Waals surface area contributed by atoms with E-state index in [0.29, 0.717) is 17.5 Å². The van der Waals surface area contributed by atoms with Crippen LogP contribution in [0.15, 0.2) is 42.5 Å². The number of phenolic OH excluding ortho intramolecular Hbond substituents is 1. The van der Waals surface area contributed by atoms with Gasteiger partial charge in [-0.05, 0) is 56.0 Å². The Balaban J connectivity index is 1.84. The number of aliphatic carboxylic acids is 1. The molecule has 1 amide bonds. The minimum Gasteiger partial charge on any atom is -0.508 e. The lowest BCUT2D eigenvalue weighted by Gasteiger charge is -2.46. The summed E-state index contributed by atoms with van der Waals surface area (Å²) < 4.78 is 40.2. The van der Waals surface area contributed by atoms with E-state index in [1.165, 1.54) is 53.5 Å². The molecule has 2 aromatic rings. The van der Waals surface area contributed by atoms with Crippen molar-refractivity contribution in [1.29, 1.82) is 0 Å². The average molecular weight is 604 g/mol. The molecule has 10 nitrogen and oxygen atoms in total. The van der Waals surface area contributed by atoms with Crippen molar-refractivity contribution in [3.05, 3.63) is 65.0 Å². The fraction of sp³-hybridized carbons (Fsp3) is 0.500. The van der Waals surface area contributed by atoms with Crippen LogP contribution in [0.2, 0.25) is 0 Å². The van der Waals surface area contributed by atoms with Gasteiger partial charge in [0.25, 0.3) is 0 Å². The second-order valence-electron chi connectivity index (χ2n) is 11.6. The summed E-state index contributed by atoms with van der Waals surface area (Å²) in [4.78, 5) is 44.0. The maximum Gasteiger partial charge on any atom is 0.329 e. The normalized spacial score (nSPS) is 25.1. The summed E-state index contributed by atoms with van der Waals surface area (Å²) in [6.45, 7) is 3.91. The molecule has 0 saturated carbocycles. The quantitative estimate of drug-likeness (QED) is 0.418. The van der Waals surface area contributed by atoms with Gasteiger partial charge < -0.3 is 20.0 Å². The molecule has 4 atom stereocenters. The molecule has 2 saturated heterocycles. The monoisotopic (exact) mass is 603 g/mol. The Morgan fingerprint density at radius 2 is 1.79 bits per heavy atom. The number of hydrogen-bond acceptors (Lipinski definition) is 7. The molecule has 4 unspecified atom stereocenters. The van der Waals surface area contributed by atoms with Crippen molar-refractivity contribution in [2.24, 2.45) is 11.8 Å². The molecule has 2 aliphatic heterocycles. The zero-order valence-corrected chi connectivity index (χ0v) is 25.1. The number of sulfonamides is 1. The summed E-state index contributed by atoms with van der Waals surface area (Å²) in [6, 6.07) is 10.4. The first-order valence-corrected chi connectivity index (χ1v) is 15.8. The Morgan fingerprint density at radius 3 is 2.43 bits per heavy atom.